The number of piperidine rings is 2. The molecule has 0 aromatic rings. The highest BCUT2D eigenvalue weighted by Crippen LogP contribution is 2.40. The van der Waals surface area contributed by atoms with Crippen LogP contribution in [0.1, 0.15) is 45.4 Å². The molecule has 3 rings (SSSR count). The van der Waals surface area contributed by atoms with Crippen molar-refractivity contribution in [1.82, 2.24) is 15.1 Å². The average Bonchev–Trinajstić information content (AvgIpc) is 3.03. The fraction of sp³-hybridized carbons (Fsp3) is 0.842. The maximum Gasteiger partial charge on any atom is 0.280 e. The lowest BCUT2D eigenvalue weighted by Gasteiger charge is -2.41. The smallest absolute Gasteiger partial charge is 0.280 e. The number of nitrogens with one attached hydrogen (secondary N) is 1. The van der Waals surface area contributed by atoms with Crippen LogP contribution in [0.15, 0.2) is 0 Å². The summed E-state index contributed by atoms with van der Waals surface area (Å²) in [6.45, 7) is 4.50. The zero-order valence-corrected chi connectivity index (χ0v) is 15.1. The predicted octanol–water partition coefficient (Wildman–Crippen LogP) is 2.10. The summed E-state index contributed by atoms with van der Waals surface area (Å²) in [4.78, 5) is 16.0. The first-order valence-corrected chi connectivity index (χ1v) is 9.51. The van der Waals surface area contributed by atoms with E-state index in [1.54, 1.807) is 0 Å². The highest BCUT2D eigenvalue weighted by Gasteiger charge is 2.45. The lowest BCUT2D eigenvalue weighted by atomic mass is 9.76. The lowest BCUT2D eigenvalue weighted by Crippen LogP contribution is -2.59. The molecule has 1 N–H and O–H groups in total. The number of halogens is 2. The number of hydrogen-bond acceptors (Lipinski definition) is 3. The van der Waals surface area contributed by atoms with Crippen LogP contribution in [-0.4, -0.2) is 66.9 Å². The zero-order chi connectivity index (χ0) is 17.9. The molecule has 1 amide bonds. The van der Waals surface area contributed by atoms with Crippen molar-refractivity contribution in [3.8, 4) is 11.8 Å². The summed E-state index contributed by atoms with van der Waals surface area (Å²) in [6, 6.07) is -0.811. The van der Waals surface area contributed by atoms with E-state index in [1.165, 1.54) is 4.90 Å². The Morgan fingerprint density at radius 1 is 1.20 bits per heavy atom. The molecule has 0 bridgehead atoms. The van der Waals surface area contributed by atoms with Crippen molar-refractivity contribution in [3.05, 3.63) is 0 Å². The van der Waals surface area contributed by atoms with E-state index < -0.39 is 18.5 Å². The van der Waals surface area contributed by atoms with Crippen molar-refractivity contribution in [2.24, 2.45) is 5.41 Å². The van der Waals surface area contributed by atoms with Crippen molar-refractivity contribution in [2.45, 2.75) is 57.4 Å². The predicted molar refractivity (Wildman–Crippen MR) is 93.3 cm³/mol. The molecule has 140 valence electrons. The maximum absolute atomic E-state index is 14.3. The van der Waals surface area contributed by atoms with Gasteiger partial charge in [-0.05, 0) is 50.7 Å². The van der Waals surface area contributed by atoms with E-state index in [0.29, 0.717) is 24.9 Å². The second-order valence-corrected chi connectivity index (χ2v) is 7.85. The summed E-state index contributed by atoms with van der Waals surface area (Å²) in [7, 11) is 0. The van der Waals surface area contributed by atoms with E-state index in [4.69, 9.17) is 0 Å². The summed E-state index contributed by atoms with van der Waals surface area (Å²) in [5.74, 6) is 3.36. The van der Waals surface area contributed by atoms with Gasteiger partial charge in [-0.15, -0.1) is 11.8 Å². The molecule has 3 aliphatic rings. The number of rotatable bonds is 5. The van der Waals surface area contributed by atoms with Crippen molar-refractivity contribution in [1.29, 1.82) is 0 Å². The van der Waals surface area contributed by atoms with Gasteiger partial charge in [-0.25, -0.2) is 8.78 Å². The third-order valence-electron chi connectivity index (χ3n) is 5.92. The molecule has 1 unspecified atom stereocenters. The van der Waals surface area contributed by atoms with Crippen LogP contribution in [0.2, 0.25) is 0 Å². The molecule has 2 fully saturated rings. The molecule has 0 radical (unpaired) electrons. The molecule has 0 aromatic heterocycles. The minimum Gasteiger partial charge on any atom is -0.335 e. The summed E-state index contributed by atoms with van der Waals surface area (Å²) < 4.78 is 28.6. The Hall–Kier alpha value is -1.19. The standard InChI is InChI=1S/C19H29F2N3O/c1-2-10-22-16-5-11-24(15-19(16,20)21)17(25)14-23-12-8-18(9-13-23)6-3-4-7-18/h16,22H,2,5-15H2,1H3. The lowest BCUT2D eigenvalue weighted by molar-refractivity contribution is -0.146. The van der Waals surface area contributed by atoms with Gasteiger partial charge >= 0.3 is 0 Å². The first kappa shape index (κ1) is 18.6. The number of hydrogen-bond donors (Lipinski definition) is 1. The molecule has 1 atom stereocenters. The zero-order valence-electron chi connectivity index (χ0n) is 15.1. The molecule has 6 heteroatoms. The van der Waals surface area contributed by atoms with Crippen LogP contribution in [0.25, 0.3) is 0 Å². The number of likely N-dealkylation sites (tertiary alicyclic amines) is 2. The average molecular weight is 353 g/mol. The summed E-state index contributed by atoms with van der Waals surface area (Å²) in [5, 5.41) is 2.92. The number of alkyl halides is 2. The molecule has 1 aliphatic carbocycles. The molecule has 2 saturated heterocycles. The van der Waals surface area contributed by atoms with Crippen LogP contribution in [0.4, 0.5) is 8.78 Å². The molecule has 2 aliphatic heterocycles. The fourth-order valence-corrected chi connectivity index (χ4v) is 4.12. The van der Waals surface area contributed by atoms with Gasteiger partial charge in [0.05, 0.1) is 19.1 Å². The van der Waals surface area contributed by atoms with Crippen molar-refractivity contribution >= 4 is 5.91 Å². The van der Waals surface area contributed by atoms with Crippen LogP contribution in [0, 0.1) is 17.3 Å². The molecule has 1 spiro atoms. The van der Waals surface area contributed by atoms with Crippen LogP contribution in [0.5, 0.6) is 0 Å². The first-order chi connectivity index (χ1) is 11.9. The van der Waals surface area contributed by atoms with E-state index >= 15 is 0 Å². The molecular formula is C19H29F2N3O. The number of carbonyl (C=O) groups excluding carboxylic acids is 1. The highest BCUT2D eigenvalue weighted by molar-refractivity contribution is 5.78. The fourth-order valence-electron chi connectivity index (χ4n) is 4.12. The van der Waals surface area contributed by atoms with Crippen LogP contribution < -0.4 is 5.32 Å². The Kier molecular flexibility index (Phi) is 5.65. The summed E-state index contributed by atoms with van der Waals surface area (Å²) in [5.41, 5.74) is 0.301. The minimum atomic E-state index is -2.85. The Morgan fingerprint density at radius 2 is 1.88 bits per heavy atom. The Labute approximate surface area is 149 Å². The second kappa shape index (κ2) is 7.59. The van der Waals surface area contributed by atoms with E-state index in [-0.39, 0.29) is 12.5 Å². The third kappa shape index (κ3) is 4.32. The highest BCUT2D eigenvalue weighted by atomic mass is 19.3. The van der Waals surface area contributed by atoms with Gasteiger partial charge in [0.1, 0.15) is 0 Å². The quantitative estimate of drug-likeness (QED) is 0.769. The molecule has 2 heterocycles. The molecule has 25 heavy (non-hydrogen) atoms. The Morgan fingerprint density at radius 3 is 2.48 bits per heavy atom. The van der Waals surface area contributed by atoms with Crippen LogP contribution in [0.3, 0.4) is 0 Å². The van der Waals surface area contributed by atoms with Crippen LogP contribution >= 0.6 is 0 Å². The van der Waals surface area contributed by atoms with Gasteiger partial charge in [-0.1, -0.05) is 6.92 Å². The summed E-state index contributed by atoms with van der Waals surface area (Å²) in [6.07, 6.45) is 5.17. The van der Waals surface area contributed by atoms with E-state index in [0.717, 1.165) is 45.2 Å². The maximum atomic E-state index is 14.3. The van der Waals surface area contributed by atoms with Crippen molar-refractivity contribution in [2.75, 3.05) is 39.3 Å². The number of nitrogens with zero attached hydrogens (tertiary/aromatic N) is 2. The van der Waals surface area contributed by atoms with Gasteiger partial charge in [-0.3, -0.25) is 9.69 Å². The Balaban J connectivity index is 1.46. The number of carbonyl (C=O) groups is 1. The van der Waals surface area contributed by atoms with Gasteiger partial charge < -0.3 is 10.2 Å². The molecule has 0 saturated carbocycles. The van der Waals surface area contributed by atoms with Crippen molar-refractivity contribution in [3.63, 3.8) is 0 Å². The van der Waals surface area contributed by atoms with Gasteiger partial charge in [0.25, 0.3) is 5.92 Å². The molecule has 4 nitrogen and oxygen atoms in total. The van der Waals surface area contributed by atoms with E-state index in [2.05, 4.69) is 22.1 Å². The van der Waals surface area contributed by atoms with Gasteiger partial charge in [-0.2, -0.15) is 0 Å². The Bertz CT molecular complexity index is 535. The normalized spacial score (nSPS) is 28.0. The monoisotopic (exact) mass is 353 g/mol. The molecular weight excluding hydrogens is 324 g/mol. The van der Waals surface area contributed by atoms with Crippen LogP contribution in [-0.2, 0) is 4.79 Å². The van der Waals surface area contributed by atoms with E-state index in [9.17, 15) is 13.6 Å². The van der Waals surface area contributed by atoms with Gasteiger partial charge in [0, 0.05) is 19.4 Å². The molecule has 0 aromatic carbocycles. The van der Waals surface area contributed by atoms with Gasteiger partial charge in [0.2, 0.25) is 5.91 Å². The van der Waals surface area contributed by atoms with E-state index in [1.807, 2.05) is 6.92 Å². The largest absolute Gasteiger partial charge is 0.335 e. The second-order valence-electron chi connectivity index (χ2n) is 7.85. The number of amides is 1. The summed E-state index contributed by atoms with van der Waals surface area (Å²) >= 11 is 0. The first-order valence-electron chi connectivity index (χ1n) is 9.51. The minimum absolute atomic E-state index is 0.160. The van der Waals surface area contributed by atoms with Crippen molar-refractivity contribution < 1.29 is 13.6 Å². The SMILES string of the molecule is CCCNC1CCN(C(=O)CN2CCC3(CC#CC3)CC2)CC1(F)F. The van der Waals surface area contributed by atoms with Gasteiger partial charge in [0.15, 0.2) is 0 Å². The third-order valence-corrected chi connectivity index (χ3v) is 5.92. The topological polar surface area (TPSA) is 35.6 Å².